The normalized spacial score (nSPS) is 20.2. The number of primary amides is 1. The van der Waals surface area contributed by atoms with Crippen molar-refractivity contribution < 1.29 is 35.9 Å². The highest BCUT2D eigenvalue weighted by atomic mass is 19.4. The van der Waals surface area contributed by atoms with Crippen LogP contribution in [0.5, 0.6) is 0 Å². The molecule has 174 valence electrons. The summed E-state index contributed by atoms with van der Waals surface area (Å²) >= 11 is 0. The second kappa shape index (κ2) is 8.97. The number of hydrogen-bond acceptors (Lipinski definition) is 3. The highest BCUT2D eigenvalue weighted by Crippen LogP contribution is 2.46. The lowest BCUT2D eigenvalue weighted by Crippen LogP contribution is -2.38. The standard InChI is InChI=1S/C21H26F6N2O2/c1-12-17(20(22,23)24)15(10-16(19(28)30)18(12)21(25,26)27)14-2-6-29(7-3-14)11-13-4-8-31-9-5-13/h10,13-14H,2-9,11H2,1H3,(H2,28,30). The number of alkyl halides is 6. The monoisotopic (exact) mass is 452 g/mol. The predicted molar refractivity (Wildman–Crippen MR) is 102 cm³/mol. The Hall–Kier alpha value is -1.81. The molecule has 0 saturated carbocycles. The van der Waals surface area contributed by atoms with E-state index in [4.69, 9.17) is 10.5 Å². The Kier molecular flexibility index (Phi) is 6.90. The Morgan fingerprint density at radius 2 is 1.58 bits per heavy atom. The maximum absolute atomic E-state index is 13.8. The van der Waals surface area contributed by atoms with Gasteiger partial charge in [0.2, 0.25) is 5.91 Å². The van der Waals surface area contributed by atoms with Crippen molar-refractivity contribution in [2.45, 2.75) is 50.9 Å². The Balaban J connectivity index is 1.91. The van der Waals surface area contributed by atoms with Crippen LogP contribution in [0.1, 0.15) is 64.2 Å². The second-order valence-corrected chi connectivity index (χ2v) is 8.38. The van der Waals surface area contributed by atoms with Gasteiger partial charge >= 0.3 is 12.4 Å². The number of amides is 1. The number of likely N-dealkylation sites (tertiary alicyclic amines) is 1. The number of ether oxygens (including phenoxy) is 1. The van der Waals surface area contributed by atoms with Crippen LogP contribution in [0.15, 0.2) is 6.07 Å². The van der Waals surface area contributed by atoms with Gasteiger partial charge < -0.3 is 15.4 Å². The number of hydrogen-bond donors (Lipinski definition) is 1. The fourth-order valence-corrected chi connectivity index (χ4v) is 4.82. The first-order valence-corrected chi connectivity index (χ1v) is 10.3. The maximum Gasteiger partial charge on any atom is 0.417 e. The molecule has 0 aliphatic carbocycles. The number of halogens is 6. The van der Waals surface area contributed by atoms with Gasteiger partial charge in [-0.15, -0.1) is 0 Å². The number of carbonyl (C=O) groups excluding carboxylic acids is 1. The van der Waals surface area contributed by atoms with Gasteiger partial charge in [-0.25, -0.2) is 0 Å². The molecule has 2 fully saturated rings. The first-order valence-electron chi connectivity index (χ1n) is 10.3. The summed E-state index contributed by atoms with van der Waals surface area (Å²) in [5, 5.41) is 0. The summed E-state index contributed by atoms with van der Waals surface area (Å²) in [5.41, 5.74) is 0.0621. The Morgan fingerprint density at radius 3 is 2.06 bits per heavy atom. The van der Waals surface area contributed by atoms with E-state index < -0.39 is 46.4 Å². The van der Waals surface area contributed by atoms with Gasteiger partial charge in [-0.3, -0.25) is 4.79 Å². The zero-order valence-corrected chi connectivity index (χ0v) is 17.2. The van der Waals surface area contributed by atoms with E-state index in [-0.39, 0.29) is 5.56 Å². The first-order chi connectivity index (χ1) is 14.4. The summed E-state index contributed by atoms with van der Waals surface area (Å²) in [4.78, 5) is 13.9. The van der Waals surface area contributed by atoms with Gasteiger partial charge in [0.1, 0.15) is 0 Å². The van der Waals surface area contributed by atoms with Gasteiger partial charge in [0, 0.05) is 19.8 Å². The van der Waals surface area contributed by atoms with E-state index in [9.17, 15) is 31.1 Å². The summed E-state index contributed by atoms with van der Waals surface area (Å²) < 4.78 is 87.4. The minimum atomic E-state index is -5.12. The van der Waals surface area contributed by atoms with Crippen LogP contribution < -0.4 is 5.73 Å². The van der Waals surface area contributed by atoms with Crippen LogP contribution in [0.3, 0.4) is 0 Å². The number of piperidine rings is 1. The summed E-state index contributed by atoms with van der Waals surface area (Å²) in [7, 11) is 0. The summed E-state index contributed by atoms with van der Waals surface area (Å²) in [6, 6.07) is 0.722. The molecule has 0 aromatic heterocycles. The average Bonchev–Trinajstić information content (AvgIpc) is 2.66. The molecule has 2 N–H and O–H groups in total. The van der Waals surface area contributed by atoms with E-state index in [2.05, 4.69) is 4.90 Å². The molecule has 1 amide bonds. The molecule has 10 heteroatoms. The predicted octanol–water partition coefficient (Wildman–Crippen LogP) is 4.74. The van der Waals surface area contributed by atoms with E-state index in [1.165, 1.54) is 0 Å². The molecule has 0 spiro atoms. The number of nitrogens with zero attached hydrogens (tertiary/aromatic N) is 1. The molecule has 0 radical (unpaired) electrons. The van der Waals surface area contributed by atoms with E-state index in [0.29, 0.717) is 45.1 Å². The fraction of sp³-hybridized carbons (Fsp3) is 0.667. The van der Waals surface area contributed by atoms with Crippen molar-refractivity contribution in [3.05, 3.63) is 33.9 Å². The lowest BCUT2D eigenvalue weighted by atomic mass is 9.81. The molecule has 0 unspecified atom stereocenters. The van der Waals surface area contributed by atoms with Crippen LogP contribution >= 0.6 is 0 Å². The third-order valence-corrected chi connectivity index (χ3v) is 6.32. The largest absolute Gasteiger partial charge is 0.417 e. The lowest BCUT2D eigenvalue weighted by molar-refractivity contribution is -0.144. The number of rotatable bonds is 4. The van der Waals surface area contributed by atoms with E-state index in [1.54, 1.807) is 0 Å². The van der Waals surface area contributed by atoms with Crippen molar-refractivity contribution in [2.75, 3.05) is 32.8 Å². The highest BCUT2D eigenvalue weighted by Gasteiger charge is 2.45. The van der Waals surface area contributed by atoms with Gasteiger partial charge in [0.15, 0.2) is 0 Å². The molecule has 0 bridgehead atoms. The first kappa shape index (κ1) is 23.8. The molecule has 1 aromatic rings. The summed E-state index contributed by atoms with van der Waals surface area (Å²) in [6.07, 6.45) is -7.48. The molecule has 3 rings (SSSR count). The maximum atomic E-state index is 13.8. The molecule has 2 aliphatic heterocycles. The van der Waals surface area contributed by atoms with Crippen LogP contribution in [0, 0.1) is 12.8 Å². The zero-order valence-electron chi connectivity index (χ0n) is 17.2. The summed E-state index contributed by atoms with van der Waals surface area (Å²) in [6.45, 7) is 4.10. The molecular weight excluding hydrogens is 426 g/mol. The molecule has 31 heavy (non-hydrogen) atoms. The smallest absolute Gasteiger partial charge is 0.381 e. The number of carbonyl (C=O) groups is 1. The van der Waals surface area contributed by atoms with Crippen molar-refractivity contribution >= 4 is 5.91 Å². The van der Waals surface area contributed by atoms with E-state index in [0.717, 1.165) is 32.4 Å². The minimum absolute atomic E-state index is 0.266. The Bertz CT molecular complexity index is 808. The quantitative estimate of drug-likeness (QED) is 0.672. The van der Waals surface area contributed by atoms with Crippen molar-refractivity contribution in [3.8, 4) is 0 Å². The minimum Gasteiger partial charge on any atom is -0.381 e. The van der Waals surface area contributed by atoms with Crippen LogP contribution in [0.4, 0.5) is 26.3 Å². The van der Waals surface area contributed by atoms with Crippen LogP contribution in [0.2, 0.25) is 0 Å². The van der Waals surface area contributed by atoms with Crippen LogP contribution in [0.25, 0.3) is 0 Å². The summed E-state index contributed by atoms with van der Waals surface area (Å²) in [5.74, 6) is -1.50. The Labute approximate surface area is 176 Å². The molecule has 2 heterocycles. The number of benzene rings is 1. The van der Waals surface area contributed by atoms with Crippen LogP contribution in [-0.4, -0.2) is 43.7 Å². The molecule has 1 aromatic carbocycles. The van der Waals surface area contributed by atoms with Gasteiger partial charge in [0.05, 0.1) is 16.7 Å². The van der Waals surface area contributed by atoms with Gasteiger partial charge in [-0.1, -0.05) is 0 Å². The van der Waals surface area contributed by atoms with Gasteiger partial charge in [-0.2, -0.15) is 26.3 Å². The topological polar surface area (TPSA) is 55.6 Å². The Morgan fingerprint density at radius 1 is 1.03 bits per heavy atom. The highest BCUT2D eigenvalue weighted by molar-refractivity contribution is 5.95. The third kappa shape index (κ3) is 5.34. The SMILES string of the molecule is Cc1c(C(F)(F)F)c(C(N)=O)cc(C2CCN(CC3CCOCC3)CC2)c1C(F)(F)F. The molecular formula is C21H26F6N2O2. The molecule has 0 atom stereocenters. The molecule has 2 aliphatic rings. The van der Waals surface area contributed by atoms with Gasteiger partial charge in [-0.05, 0) is 74.7 Å². The fourth-order valence-electron chi connectivity index (χ4n) is 4.82. The van der Waals surface area contributed by atoms with Crippen molar-refractivity contribution in [1.29, 1.82) is 0 Å². The van der Waals surface area contributed by atoms with E-state index in [1.807, 2.05) is 0 Å². The van der Waals surface area contributed by atoms with E-state index >= 15 is 0 Å². The molecule has 2 saturated heterocycles. The van der Waals surface area contributed by atoms with Crippen molar-refractivity contribution in [3.63, 3.8) is 0 Å². The third-order valence-electron chi connectivity index (χ3n) is 6.32. The van der Waals surface area contributed by atoms with Crippen molar-refractivity contribution in [1.82, 2.24) is 4.90 Å². The zero-order chi connectivity index (χ0) is 23.0. The average molecular weight is 452 g/mol. The lowest BCUT2D eigenvalue weighted by Gasteiger charge is -2.36. The molecule has 4 nitrogen and oxygen atoms in total. The number of nitrogens with two attached hydrogens (primary N) is 1. The van der Waals surface area contributed by atoms with Crippen LogP contribution in [-0.2, 0) is 17.1 Å². The van der Waals surface area contributed by atoms with Crippen molar-refractivity contribution in [2.24, 2.45) is 11.7 Å². The van der Waals surface area contributed by atoms with Gasteiger partial charge in [0.25, 0.3) is 0 Å². The second-order valence-electron chi connectivity index (χ2n) is 8.38.